The fraction of sp³-hybridized carbons (Fsp3) is 0.667. The van der Waals surface area contributed by atoms with Gasteiger partial charge >= 0.3 is 0 Å². The highest BCUT2D eigenvalue weighted by molar-refractivity contribution is 7.89. The van der Waals surface area contributed by atoms with Gasteiger partial charge in [0.25, 0.3) is 5.69 Å². The summed E-state index contributed by atoms with van der Waals surface area (Å²) in [5.74, 6) is 0.606. The van der Waals surface area contributed by atoms with Gasteiger partial charge < -0.3 is 10.0 Å². The van der Waals surface area contributed by atoms with E-state index in [4.69, 9.17) is 0 Å². The molecule has 1 aromatic rings. The third-order valence-electron chi connectivity index (χ3n) is 5.60. The monoisotopic (exact) mass is 397 g/mol. The lowest BCUT2D eigenvalue weighted by Crippen LogP contribution is -2.37. The molecule has 2 aliphatic rings. The number of sulfonamides is 1. The molecule has 0 atom stereocenters. The number of aliphatic hydroxyl groups is 1. The zero-order valence-electron chi connectivity index (χ0n) is 15.5. The van der Waals surface area contributed by atoms with Crippen LogP contribution in [0.2, 0.25) is 0 Å². The molecular weight excluding hydrogens is 370 g/mol. The van der Waals surface area contributed by atoms with Crippen LogP contribution in [0.4, 0.5) is 11.4 Å². The van der Waals surface area contributed by atoms with Crippen LogP contribution in [-0.2, 0) is 10.0 Å². The third kappa shape index (κ3) is 4.77. The van der Waals surface area contributed by atoms with Gasteiger partial charge in [-0.05, 0) is 56.6 Å². The fourth-order valence-corrected chi connectivity index (χ4v) is 5.18. The normalized spacial score (nSPS) is 24.7. The number of piperidine rings is 1. The number of anilines is 1. The van der Waals surface area contributed by atoms with Crippen LogP contribution >= 0.6 is 0 Å². The Morgan fingerprint density at radius 2 is 1.78 bits per heavy atom. The van der Waals surface area contributed by atoms with Crippen LogP contribution in [0.5, 0.6) is 0 Å². The Hall–Kier alpha value is -1.71. The van der Waals surface area contributed by atoms with E-state index in [1.807, 2.05) is 4.90 Å². The maximum Gasteiger partial charge on any atom is 0.293 e. The molecule has 0 spiro atoms. The summed E-state index contributed by atoms with van der Waals surface area (Å²) < 4.78 is 28.1. The lowest BCUT2D eigenvalue weighted by molar-refractivity contribution is -0.384. The van der Waals surface area contributed by atoms with Gasteiger partial charge in [-0.15, -0.1) is 0 Å². The van der Waals surface area contributed by atoms with Gasteiger partial charge in [-0.3, -0.25) is 10.1 Å². The molecule has 1 aromatic carbocycles. The highest BCUT2D eigenvalue weighted by Gasteiger charge is 2.29. The molecule has 2 N–H and O–H groups in total. The van der Waals surface area contributed by atoms with Crippen molar-refractivity contribution in [3.8, 4) is 0 Å². The van der Waals surface area contributed by atoms with Crippen molar-refractivity contribution < 1.29 is 18.4 Å². The van der Waals surface area contributed by atoms with Crippen LogP contribution in [0.1, 0.15) is 45.4 Å². The van der Waals surface area contributed by atoms with Crippen molar-refractivity contribution in [3.63, 3.8) is 0 Å². The number of nitro benzene ring substituents is 1. The number of nitro groups is 1. The van der Waals surface area contributed by atoms with E-state index in [-0.39, 0.29) is 22.7 Å². The van der Waals surface area contributed by atoms with E-state index in [1.54, 1.807) is 0 Å². The van der Waals surface area contributed by atoms with Gasteiger partial charge in [0.2, 0.25) is 10.0 Å². The van der Waals surface area contributed by atoms with Crippen molar-refractivity contribution in [1.29, 1.82) is 0 Å². The molecule has 1 saturated carbocycles. The number of hydrogen-bond acceptors (Lipinski definition) is 6. The Balaban J connectivity index is 1.81. The van der Waals surface area contributed by atoms with E-state index in [2.05, 4.69) is 11.6 Å². The summed E-state index contributed by atoms with van der Waals surface area (Å²) in [5, 5.41) is 21.2. The lowest BCUT2D eigenvalue weighted by Gasteiger charge is -2.31. The molecule has 1 heterocycles. The van der Waals surface area contributed by atoms with Gasteiger partial charge in [0.15, 0.2) is 0 Å². The predicted octanol–water partition coefficient (Wildman–Crippen LogP) is 2.41. The van der Waals surface area contributed by atoms with Gasteiger partial charge in [0.1, 0.15) is 5.69 Å². The summed E-state index contributed by atoms with van der Waals surface area (Å²) in [6, 6.07) is 3.97. The van der Waals surface area contributed by atoms with Crippen molar-refractivity contribution in [3.05, 3.63) is 28.3 Å². The van der Waals surface area contributed by atoms with Gasteiger partial charge in [-0.1, -0.05) is 6.92 Å². The van der Waals surface area contributed by atoms with Crippen molar-refractivity contribution in [2.24, 2.45) is 5.92 Å². The number of benzene rings is 1. The van der Waals surface area contributed by atoms with Gasteiger partial charge in [0.05, 0.1) is 15.9 Å². The molecule has 0 bridgehead atoms. The minimum absolute atomic E-state index is 0.0754. The first-order chi connectivity index (χ1) is 12.8. The van der Waals surface area contributed by atoms with Crippen LogP contribution in [-0.4, -0.2) is 43.7 Å². The predicted molar refractivity (Wildman–Crippen MR) is 102 cm³/mol. The number of hydrogen-bond donors (Lipinski definition) is 2. The first-order valence-electron chi connectivity index (χ1n) is 9.50. The fourth-order valence-electron chi connectivity index (χ4n) is 3.86. The molecule has 3 rings (SSSR count). The van der Waals surface area contributed by atoms with Crippen LogP contribution < -0.4 is 9.62 Å². The van der Waals surface area contributed by atoms with E-state index in [0.29, 0.717) is 37.5 Å². The van der Waals surface area contributed by atoms with Gasteiger partial charge in [0, 0.05) is 25.2 Å². The lowest BCUT2D eigenvalue weighted by atomic mass is 9.88. The number of rotatable bonds is 5. The second-order valence-electron chi connectivity index (χ2n) is 7.70. The van der Waals surface area contributed by atoms with Gasteiger partial charge in [-0.2, -0.15) is 0 Å². The largest absolute Gasteiger partial charge is 0.393 e. The number of aliphatic hydroxyl groups excluding tert-OH is 1. The highest BCUT2D eigenvalue weighted by atomic mass is 32.2. The molecule has 1 aliphatic heterocycles. The Morgan fingerprint density at radius 1 is 1.15 bits per heavy atom. The SMILES string of the molecule is CC1CCC(NS(=O)(=O)c2ccc(N3CCC(O)CC3)c([N+](=O)[O-])c2)CC1. The molecule has 8 nitrogen and oxygen atoms in total. The molecule has 1 aliphatic carbocycles. The molecular formula is C18H27N3O5S. The first-order valence-corrected chi connectivity index (χ1v) is 11.0. The molecule has 0 aromatic heterocycles. The summed E-state index contributed by atoms with van der Waals surface area (Å²) in [4.78, 5) is 12.8. The third-order valence-corrected chi connectivity index (χ3v) is 7.11. The minimum atomic E-state index is -3.80. The van der Waals surface area contributed by atoms with Crippen LogP contribution in [0.25, 0.3) is 0 Å². The van der Waals surface area contributed by atoms with E-state index < -0.39 is 14.9 Å². The summed E-state index contributed by atoms with van der Waals surface area (Å²) in [6.07, 6.45) is 4.23. The molecule has 2 fully saturated rings. The Kier molecular flexibility index (Phi) is 6.02. The van der Waals surface area contributed by atoms with Crippen molar-refractivity contribution in [1.82, 2.24) is 4.72 Å². The molecule has 150 valence electrons. The standard InChI is InChI=1S/C18H27N3O5S/c1-13-2-4-14(5-3-13)19-27(25,26)16-6-7-17(18(12-16)21(23)24)20-10-8-15(22)9-11-20/h6-7,12-15,19,22H,2-5,8-11H2,1H3. The van der Waals surface area contributed by atoms with Gasteiger partial charge in [-0.25, -0.2) is 13.1 Å². The second kappa shape index (κ2) is 8.12. The van der Waals surface area contributed by atoms with E-state index in [0.717, 1.165) is 31.7 Å². The molecule has 27 heavy (non-hydrogen) atoms. The Labute approximate surface area is 159 Å². The maximum absolute atomic E-state index is 12.7. The van der Waals surface area contributed by atoms with Crippen molar-refractivity contribution >= 4 is 21.4 Å². The average molecular weight is 397 g/mol. The van der Waals surface area contributed by atoms with Crippen LogP contribution in [0, 0.1) is 16.0 Å². The number of nitrogens with zero attached hydrogens (tertiary/aromatic N) is 2. The Morgan fingerprint density at radius 3 is 2.37 bits per heavy atom. The first kappa shape index (κ1) is 20.0. The zero-order valence-corrected chi connectivity index (χ0v) is 16.3. The van der Waals surface area contributed by atoms with E-state index >= 15 is 0 Å². The summed E-state index contributed by atoms with van der Waals surface area (Å²) in [6.45, 7) is 3.17. The van der Waals surface area contributed by atoms with Crippen LogP contribution in [0.15, 0.2) is 23.1 Å². The zero-order chi connectivity index (χ0) is 19.6. The smallest absolute Gasteiger partial charge is 0.293 e. The van der Waals surface area contributed by atoms with E-state index in [9.17, 15) is 23.6 Å². The average Bonchev–Trinajstić information content (AvgIpc) is 2.63. The molecule has 0 unspecified atom stereocenters. The van der Waals surface area contributed by atoms with Crippen LogP contribution in [0.3, 0.4) is 0 Å². The van der Waals surface area contributed by atoms with Crippen molar-refractivity contribution in [2.75, 3.05) is 18.0 Å². The molecule has 0 amide bonds. The summed E-state index contributed by atoms with van der Waals surface area (Å²) >= 11 is 0. The molecule has 1 saturated heterocycles. The minimum Gasteiger partial charge on any atom is -0.393 e. The number of nitrogens with one attached hydrogen (secondary N) is 1. The topological polar surface area (TPSA) is 113 Å². The molecule has 9 heteroatoms. The Bertz CT molecular complexity index is 782. The maximum atomic E-state index is 12.7. The second-order valence-corrected chi connectivity index (χ2v) is 9.42. The van der Waals surface area contributed by atoms with E-state index in [1.165, 1.54) is 12.1 Å². The quantitative estimate of drug-likeness (QED) is 0.583. The highest BCUT2D eigenvalue weighted by Crippen LogP contribution is 2.33. The molecule has 0 radical (unpaired) electrons. The van der Waals surface area contributed by atoms with Crippen molar-refractivity contribution in [2.45, 2.75) is 62.5 Å². The summed E-state index contributed by atoms with van der Waals surface area (Å²) in [5.41, 5.74) is 0.184. The summed E-state index contributed by atoms with van der Waals surface area (Å²) in [7, 11) is -3.80.